The molecule has 0 aromatic heterocycles. The monoisotopic (exact) mass is 266 g/mol. The lowest BCUT2D eigenvalue weighted by Gasteiger charge is -2.06. The number of hydrogen-bond donors (Lipinski definition) is 3. The minimum absolute atomic E-state index is 0.0393. The number of nitrogens with zero attached hydrogens (tertiary/aromatic N) is 1. The SMILES string of the molecule is CNc1cc(C(=O)NCCC(N)=O)ccc1[N+](=O)[O-]. The third-order valence-corrected chi connectivity index (χ3v) is 2.38. The maximum absolute atomic E-state index is 11.7. The van der Waals surface area contributed by atoms with Gasteiger partial charge in [0.2, 0.25) is 5.91 Å². The van der Waals surface area contributed by atoms with Crippen LogP contribution in [0.5, 0.6) is 0 Å². The predicted octanol–water partition coefficient (Wildman–Crippen LogP) is 0.242. The Balaban J connectivity index is 2.81. The van der Waals surface area contributed by atoms with Crippen molar-refractivity contribution in [3.63, 3.8) is 0 Å². The molecule has 8 heteroatoms. The van der Waals surface area contributed by atoms with Gasteiger partial charge in [0.1, 0.15) is 5.69 Å². The zero-order chi connectivity index (χ0) is 14.4. The fraction of sp³-hybridized carbons (Fsp3) is 0.273. The van der Waals surface area contributed by atoms with E-state index in [1.165, 1.54) is 25.2 Å². The Morgan fingerprint density at radius 1 is 1.42 bits per heavy atom. The summed E-state index contributed by atoms with van der Waals surface area (Å²) in [6.45, 7) is 0.125. The molecule has 0 bridgehead atoms. The van der Waals surface area contributed by atoms with E-state index in [1.54, 1.807) is 0 Å². The Hall–Kier alpha value is -2.64. The van der Waals surface area contributed by atoms with Crippen LogP contribution in [0.25, 0.3) is 0 Å². The summed E-state index contributed by atoms with van der Waals surface area (Å²) >= 11 is 0. The van der Waals surface area contributed by atoms with Gasteiger partial charge in [-0.3, -0.25) is 19.7 Å². The second kappa shape index (κ2) is 6.34. The fourth-order valence-corrected chi connectivity index (χ4v) is 1.44. The molecule has 2 amide bonds. The molecule has 0 radical (unpaired) electrons. The minimum Gasteiger partial charge on any atom is -0.383 e. The quantitative estimate of drug-likeness (QED) is 0.502. The normalized spacial score (nSPS) is 9.74. The number of nitrogens with two attached hydrogens (primary N) is 1. The van der Waals surface area contributed by atoms with Gasteiger partial charge in [-0.15, -0.1) is 0 Å². The molecular formula is C11H14N4O4. The van der Waals surface area contributed by atoms with Crippen LogP contribution < -0.4 is 16.4 Å². The number of rotatable bonds is 6. The van der Waals surface area contributed by atoms with Gasteiger partial charge in [-0.25, -0.2) is 0 Å². The molecule has 0 spiro atoms. The highest BCUT2D eigenvalue weighted by Gasteiger charge is 2.15. The van der Waals surface area contributed by atoms with Gasteiger partial charge in [-0.05, 0) is 12.1 Å². The maximum Gasteiger partial charge on any atom is 0.292 e. The number of primary amides is 1. The summed E-state index contributed by atoms with van der Waals surface area (Å²) in [6, 6.07) is 3.96. The summed E-state index contributed by atoms with van der Waals surface area (Å²) in [7, 11) is 1.52. The molecule has 4 N–H and O–H groups in total. The van der Waals surface area contributed by atoms with Crippen LogP contribution in [0, 0.1) is 10.1 Å². The molecule has 102 valence electrons. The average molecular weight is 266 g/mol. The van der Waals surface area contributed by atoms with Crippen LogP contribution in [0.4, 0.5) is 11.4 Å². The van der Waals surface area contributed by atoms with Gasteiger partial charge in [0, 0.05) is 31.6 Å². The number of nitro groups is 1. The van der Waals surface area contributed by atoms with Crippen molar-refractivity contribution < 1.29 is 14.5 Å². The molecule has 0 saturated carbocycles. The number of anilines is 1. The van der Waals surface area contributed by atoms with Crippen molar-refractivity contribution in [2.75, 3.05) is 18.9 Å². The molecular weight excluding hydrogens is 252 g/mol. The number of nitrogens with one attached hydrogen (secondary N) is 2. The van der Waals surface area contributed by atoms with E-state index in [0.717, 1.165) is 0 Å². The van der Waals surface area contributed by atoms with E-state index in [2.05, 4.69) is 10.6 Å². The Kier molecular flexibility index (Phi) is 4.81. The van der Waals surface area contributed by atoms with Crippen LogP contribution >= 0.6 is 0 Å². The summed E-state index contributed by atoms with van der Waals surface area (Å²) in [6.07, 6.45) is 0.0393. The molecule has 0 atom stereocenters. The molecule has 0 aliphatic carbocycles. The zero-order valence-electron chi connectivity index (χ0n) is 10.3. The Bertz CT molecular complexity index is 515. The first-order valence-electron chi connectivity index (χ1n) is 5.48. The van der Waals surface area contributed by atoms with Crippen LogP contribution in [0.2, 0.25) is 0 Å². The molecule has 1 rings (SSSR count). The van der Waals surface area contributed by atoms with Gasteiger partial charge in [-0.1, -0.05) is 0 Å². The molecule has 0 fully saturated rings. The second-order valence-electron chi connectivity index (χ2n) is 3.71. The first-order chi connectivity index (χ1) is 8.95. The van der Waals surface area contributed by atoms with E-state index >= 15 is 0 Å². The Labute approximate surface area is 109 Å². The molecule has 0 unspecified atom stereocenters. The lowest BCUT2D eigenvalue weighted by Crippen LogP contribution is -2.27. The number of nitro benzene ring substituents is 1. The lowest BCUT2D eigenvalue weighted by molar-refractivity contribution is -0.383. The fourth-order valence-electron chi connectivity index (χ4n) is 1.44. The highest BCUT2D eigenvalue weighted by Crippen LogP contribution is 2.24. The van der Waals surface area contributed by atoms with Gasteiger partial charge in [0.05, 0.1) is 4.92 Å². The number of benzene rings is 1. The molecule has 0 aliphatic rings. The molecule has 0 heterocycles. The summed E-state index contributed by atoms with van der Waals surface area (Å²) in [4.78, 5) is 32.4. The van der Waals surface area contributed by atoms with E-state index in [9.17, 15) is 19.7 Å². The topological polar surface area (TPSA) is 127 Å². The Morgan fingerprint density at radius 3 is 2.63 bits per heavy atom. The van der Waals surface area contributed by atoms with E-state index in [-0.39, 0.29) is 29.9 Å². The van der Waals surface area contributed by atoms with Crippen LogP contribution in [-0.2, 0) is 4.79 Å². The summed E-state index contributed by atoms with van der Waals surface area (Å²) in [5.74, 6) is -0.937. The second-order valence-corrected chi connectivity index (χ2v) is 3.71. The standard InChI is InChI=1S/C11H14N4O4/c1-13-8-6-7(2-3-9(8)15(18)19)11(17)14-5-4-10(12)16/h2-3,6,13H,4-5H2,1H3,(H2,12,16)(H,14,17). The number of hydrogen-bond acceptors (Lipinski definition) is 5. The third-order valence-electron chi connectivity index (χ3n) is 2.38. The number of amides is 2. The van der Waals surface area contributed by atoms with Crippen molar-refractivity contribution in [3.8, 4) is 0 Å². The van der Waals surface area contributed by atoms with Gasteiger partial charge >= 0.3 is 0 Å². The van der Waals surface area contributed by atoms with E-state index in [4.69, 9.17) is 5.73 Å². The zero-order valence-corrected chi connectivity index (χ0v) is 10.3. The molecule has 1 aromatic rings. The molecule has 19 heavy (non-hydrogen) atoms. The van der Waals surface area contributed by atoms with E-state index in [1.807, 2.05) is 0 Å². The van der Waals surface area contributed by atoms with Crippen molar-refractivity contribution in [3.05, 3.63) is 33.9 Å². The van der Waals surface area contributed by atoms with Gasteiger partial charge in [0.15, 0.2) is 0 Å². The third kappa shape index (κ3) is 3.95. The molecule has 8 nitrogen and oxygen atoms in total. The van der Waals surface area contributed by atoms with Crippen molar-refractivity contribution in [1.29, 1.82) is 0 Å². The first kappa shape index (κ1) is 14.4. The van der Waals surface area contributed by atoms with Crippen molar-refractivity contribution in [1.82, 2.24) is 5.32 Å². The number of carbonyl (C=O) groups is 2. The number of carbonyl (C=O) groups excluding carboxylic acids is 2. The maximum atomic E-state index is 11.7. The van der Waals surface area contributed by atoms with Crippen molar-refractivity contribution >= 4 is 23.2 Å². The first-order valence-corrected chi connectivity index (χ1v) is 5.48. The molecule has 0 saturated heterocycles. The summed E-state index contributed by atoms with van der Waals surface area (Å²) in [5, 5.41) is 15.9. The Morgan fingerprint density at radius 2 is 2.11 bits per heavy atom. The summed E-state index contributed by atoms with van der Waals surface area (Å²) < 4.78 is 0. The average Bonchev–Trinajstić information content (AvgIpc) is 2.37. The van der Waals surface area contributed by atoms with Gasteiger partial charge in [0.25, 0.3) is 11.6 Å². The molecule has 1 aromatic carbocycles. The smallest absolute Gasteiger partial charge is 0.292 e. The van der Waals surface area contributed by atoms with E-state index in [0.29, 0.717) is 0 Å². The van der Waals surface area contributed by atoms with Crippen LogP contribution in [-0.4, -0.2) is 30.3 Å². The lowest BCUT2D eigenvalue weighted by atomic mass is 10.1. The van der Waals surface area contributed by atoms with Crippen LogP contribution in [0.1, 0.15) is 16.8 Å². The van der Waals surface area contributed by atoms with Crippen molar-refractivity contribution in [2.24, 2.45) is 5.73 Å². The highest BCUT2D eigenvalue weighted by molar-refractivity contribution is 5.96. The van der Waals surface area contributed by atoms with Crippen molar-refractivity contribution in [2.45, 2.75) is 6.42 Å². The van der Waals surface area contributed by atoms with E-state index < -0.39 is 16.7 Å². The highest BCUT2D eigenvalue weighted by atomic mass is 16.6. The molecule has 0 aliphatic heterocycles. The van der Waals surface area contributed by atoms with Gasteiger partial charge in [-0.2, -0.15) is 0 Å². The largest absolute Gasteiger partial charge is 0.383 e. The predicted molar refractivity (Wildman–Crippen MR) is 68.8 cm³/mol. The van der Waals surface area contributed by atoms with Crippen LogP contribution in [0.3, 0.4) is 0 Å². The summed E-state index contributed by atoms with van der Waals surface area (Å²) in [5.41, 5.74) is 5.33. The van der Waals surface area contributed by atoms with Gasteiger partial charge < -0.3 is 16.4 Å². The van der Waals surface area contributed by atoms with Crippen LogP contribution in [0.15, 0.2) is 18.2 Å². The minimum atomic E-state index is -0.541.